The number of aryl methyl sites for hydroxylation is 1. The van der Waals surface area contributed by atoms with Gasteiger partial charge in [0.05, 0.1) is 5.69 Å². The van der Waals surface area contributed by atoms with Crippen molar-refractivity contribution >= 4 is 35.3 Å². The number of aliphatic imine (C=N–C) groups is 1. The van der Waals surface area contributed by atoms with Crippen LogP contribution in [0.3, 0.4) is 0 Å². The lowest BCUT2D eigenvalue weighted by atomic mass is 9.94. The van der Waals surface area contributed by atoms with Crippen molar-refractivity contribution in [3.8, 4) is 0 Å². The van der Waals surface area contributed by atoms with E-state index in [0.29, 0.717) is 18.5 Å². The minimum absolute atomic E-state index is 0.0373. The summed E-state index contributed by atoms with van der Waals surface area (Å²) in [6.07, 6.45) is 8.42. The summed E-state index contributed by atoms with van der Waals surface area (Å²) in [5, 5.41) is 2.96. The van der Waals surface area contributed by atoms with E-state index in [1.165, 1.54) is 16.8 Å². The second kappa shape index (κ2) is 8.52. The highest BCUT2D eigenvalue weighted by Crippen LogP contribution is 2.40. The van der Waals surface area contributed by atoms with Gasteiger partial charge in [0.15, 0.2) is 0 Å². The lowest BCUT2D eigenvalue weighted by molar-refractivity contribution is -0.121. The third-order valence-corrected chi connectivity index (χ3v) is 6.19. The van der Waals surface area contributed by atoms with Crippen molar-refractivity contribution in [3.63, 3.8) is 0 Å². The molecule has 0 spiro atoms. The molecule has 0 fully saturated rings. The van der Waals surface area contributed by atoms with E-state index in [9.17, 15) is 9.70 Å². The number of carbonyl (C=O) groups is 1. The van der Waals surface area contributed by atoms with E-state index in [4.69, 9.17) is 0 Å². The number of hydrogen-bond donors (Lipinski definition) is 0. The number of rotatable bonds is 7. The van der Waals surface area contributed by atoms with Gasteiger partial charge < -0.3 is 4.31 Å². The van der Waals surface area contributed by atoms with Crippen LogP contribution in [0, 0.1) is 10.8 Å². The summed E-state index contributed by atoms with van der Waals surface area (Å²) in [6, 6.07) is 13.7. The molecule has 6 heteroatoms. The Morgan fingerprint density at radius 2 is 2.07 bits per heavy atom. The van der Waals surface area contributed by atoms with Gasteiger partial charge in [-0.05, 0) is 71.8 Å². The largest absolute Gasteiger partial charge is 0.311 e. The molecule has 5 nitrogen and oxygen atoms in total. The first-order chi connectivity index (χ1) is 13.7. The summed E-state index contributed by atoms with van der Waals surface area (Å²) < 4.78 is 2.30. The minimum atomic E-state index is -0.0373. The van der Waals surface area contributed by atoms with Gasteiger partial charge in [-0.1, -0.05) is 24.3 Å². The van der Waals surface area contributed by atoms with Crippen LogP contribution in [-0.2, 0) is 17.6 Å². The molecule has 0 amide bonds. The van der Waals surface area contributed by atoms with Crippen LogP contribution in [0.25, 0.3) is 0 Å². The van der Waals surface area contributed by atoms with E-state index in [-0.39, 0.29) is 11.7 Å². The number of carbonyl (C=O) groups excluding carboxylic acids is 1. The van der Waals surface area contributed by atoms with Crippen LogP contribution in [0.5, 0.6) is 0 Å². The molecule has 0 saturated carbocycles. The second-order valence-electron chi connectivity index (χ2n) is 6.94. The Morgan fingerprint density at radius 1 is 1.21 bits per heavy atom. The molecule has 2 aliphatic rings. The molecule has 0 radical (unpaired) electrons. The summed E-state index contributed by atoms with van der Waals surface area (Å²) in [5.74, 6) is 0.235. The Hall–Kier alpha value is -2.73. The van der Waals surface area contributed by atoms with Gasteiger partial charge in [0.1, 0.15) is 11.5 Å². The minimum Gasteiger partial charge on any atom is -0.311 e. The quantitative estimate of drug-likeness (QED) is 0.477. The van der Waals surface area contributed by atoms with Crippen LogP contribution >= 0.6 is 11.9 Å². The van der Waals surface area contributed by atoms with Gasteiger partial charge in [-0.2, -0.15) is 0 Å². The molecule has 2 aromatic carbocycles. The smallest absolute Gasteiger partial charge is 0.140 e. The summed E-state index contributed by atoms with van der Waals surface area (Å²) in [7, 11) is 0. The fourth-order valence-corrected chi connectivity index (χ4v) is 4.66. The van der Waals surface area contributed by atoms with E-state index < -0.39 is 0 Å². The van der Waals surface area contributed by atoms with Crippen molar-refractivity contribution in [2.75, 3.05) is 10.8 Å². The number of Topliss-reactive ketones (excluding diaryl/α,β-unsaturated/α-hetero) is 1. The van der Waals surface area contributed by atoms with Crippen LogP contribution in [0.15, 0.2) is 69.8 Å². The van der Waals surface area contributed by atoms with Crippen molar-refractivity contribution in [1.29, 1.82) is 0 Å². The molecular formula is C22H21N3O2S. The average molecular weight is 391 g/mol. The number of hydrogen-bond acceptors (Lipinski definition) is 6. The molecule has 2 aliphatic heterocycles. The Bertz CT molecular complexity index is 937. The first kappa shape index (κ1) is 18.6. The van der Waals surface area contributed by atoms with Crippen LogP contribution in [0.4, 0.5) is 11.4 Å². The maximum Gasteiger partial charge on any atom is 0.140 e. The maximum absolute atomic E-state index is 12.5. The molecule has 2 heterocycles. The Morgan fingerprint density at radius 3 is 2.82 bits per heavy atom. The van der Waals surface area contributed by atoms with Crippen molar-refractivity contribution in [3.05, 3.63) is 70.8 Å². The standard InChI is InChI=1S/C22H21N3O2S/c26-21(16-10-13-23-14-11-16)9-4-17-2-1-3-18-12-15-25(22(17)18)28-20-7-5-19(24-27)6-8-20/h1-3,5-8,10,13-14,16H,4,9,11-12,15H2. The predicted octanol–water partition coefficient (Wildman–Crippen LogP) is 5.26. The van der Waals surface area contributed by atoms with Gasteiger partial charge in [-0.25, -0.2) is 0 Å². The summed E-state index contributed by atoms with van der Waals surface area (Å²) in [4.78, 5) is 28.3. The van der Waals surface area contributed by atoms with Crippen molar-refractivity contribution in [2.24, 2.45) is 16.1 Å². The van der Waals surface area contributed by atoms with E-state index in [2.05, 4.69) is 32.7 Å². The Balaban J connectivity index is 1.47. The molecule has 1 atom stereocenters. The number of allylic oxidation sites excluding steroid dienone is 1. The Kier molecular flexibility index (Phi) is 5.67. The number of nitroso groups, excluding NO2 is 1. The summed E-state index contributed by atoms with van der Waals surface area (Å²) in [6.45, 7) is 0.931. The zero-order valence-electron chi connectivity index (χ0n) is 15.5. The van der Waals surface area contributed by atoms with Crippen molar-refractivity contribution in [2.45, 2.75) is 30.6 Å². The molecule has 2 aromatic rings. The van der Waals surface area contributed by atoms with Gasteiger partial charge in [0.2, 0.25) is 0 Å². The van der Waals surface area contributed by atoms with Gasteiger partial charge in [0.25, 0.3) is 0 Å². The van der Waals surface area contributed by atoms with Crippen LogP contribution in [0.2, 0.25) is 0 Å². The fraction of sp³-hybridized carbons (Fsp3) is 0.273. The predicted molar refractivity (Wildman–Crippen MR) is 114 cm³/mol. The van der Waals surface area contributed by atoms with E-state index >= 15 is 0 Å². The Labute approximate surface area is 168 Å². The molecule has 0 N–H and O–H groups in total. The average Bonchev–Trinajstić information content (AvgIpc) is 3.16. The van der Waals surface area contributed by atoms with E-state index in [1.54, 1.807) is 30.3 Å². The van der Waals surface area contributed by atoms with Crippen LogP contribution in [0.1, 0.15) is 24.0 Å². The summed E-state index contributed by atoms with van der Waals surface area (Å²) >= 11 is 1.67. The van der Waals surface area contributed by atoms with Crippen LogP contribution < -0.4 is 4.31 Å². The third kappa shape index (κ3) is 4.07. The lowest BCUT2D eigenvalue weighted by Gasteiger charge is -2.21. The molecule has 28 heavy (non-hydrogen) atoms. The molecule has 0 aromatic heterocycles. The van der Waals surface area contributed by atoms with Gasteiger partial charge in [-0.15, -0.1) is 4.91 Å². The van der Waals surface area contributed by atoms with Crippen molar-refractivity contribution < 1.29 is 4.79 Å². The number of ketones is 1. The molecule has 0 bridgehead atoms. The molecule has 142 valence electrons. The molecule has 4 rings (SSSR count). The van der Waals surface area contributed by atoms with Gasteiger partial charge in [-0.3, -0.25) is 9.79 Å². The zero-order valence-corrected chi connectivity index (χ0v) is 16.3. The number of fused-ring (bicyclic) bond motifs is 1. The van der Waals surface area contributed by atoms with Gasteiger partial charge >= 0.3 is 0 Å². The highest BCUT2D eigenvalue weighted by molar-refractivity contribution is 8.00. The maximum atomic E-state index is 12.5. The van der Waals surface area contributed by atoms with Gasteiger partial charge in [0, 0.05) is 36.2 Å². The number of para-hydroxylation sites is 1. The third-order valence-electron chi connectivity index (χ3n) is 5.12. The zero-order chi connectivity index (χ0) is 19.3. The fourth-order valence-electron chi connectivity index (χ4n) is 3.64. The van der Waals surface area contributed by atoms with E-state index in [0.717, 1.165) is 24.3 Å². The lowest BCUT2D eigenvalue weighted by Crippen LogP contribution is -2.16. The molecular weight excluding hydrogens is 370 g/mol. The van der Waals surface area contributed by atoms with E-state index in [1.807, 2.05) is 24.4 Å². The first-order valence-electron chi connectivity index (χ1n) is 9.45. The number of benzene rings is 2. The highest BCUT2D eigenvalue weighted by atomic mass is 32.2. The van der Waals surface area contributed by atoms with Crippen molar-refractivity contribution in [1.82, 2.24) is 0 Å². The first-order valence-corrected chi connectivity index (χ1v) is 10.2. The number of nitrogens with zero attached hydrogens (tertiary/aromatic N) is 3. The molecule has 0 saturated heterocycles. The topological polar surface area (TPSA) is 62.1 Å². The monoisotopic (exact) mass is 391 g/mol. The second-order valence-corrected chi connectivity index (χ2v) is 8.03. The molecule has 0 aliphatic carbocycles. The molecule has 1 unspecified atom stereocenters. The highest BCUT2D eigenvalue weighted by Gasteiger charge is 2.24. The normalized spacial score (nSPS) is 17.6. The van der Waals surface area contributed by atoms with Crippen LogP contribution in [-0.4, -0.2) is 18.5 Å². The SMILES string of the molecule is O=Nc1ccc(SN2CCc3cccc(CCC(=O)C4C=CN=CC4)c32)cc1. The summed E-state index contributed by atoms with van der Waals surface area (Å²) in [5.41, 5.74) is 4.22. The number of anilines is 1.